The Morgan fingerprint density at radius 2 is 2.08 bits per heavy atom. The molecule has 2 amide bonds. The van der Waals surface area contributed by atoms with Crippen molar-refractivity contribution in [3.05, 3.63) is 53.9 Å². The molecule has 25 heavy (non-hydrogen) atoms. The third kappa shape index (κ3) is 3.88. The summed E-state index contributed by atoms with van der Waals surface area (Å²) in [4.78, 5) is 16.3. The minimum absolute atomic E-state index is 0.650. The Hall–Kier alpha value is -2.67. The first kappa shape index (κ1) is 17.2. The topological polar surface area (TPSA) is 88.2 Å². The van der Waals surface area contributed by atoms with E-state index < -0.39 is 16.1 Å². The molecule has 1 aromatic heterocycles. The van der Waals surface area contributed by atoms with Gasteiger partial charge in [0.15, 0.2) is 0 Å². The molecule has 1 aliphatic carbocycles. The van der Waals surface area contributed by atoms with E-state index in [2.05, 4.69) is 22.9 Å². The number of rotatable bonds is 4. The van der Waals surface area contributed by atoms with Crippen LogP contribution in [-0.4, -0.2) is 25.7 Å². The summed E-state index contributed by atoms with van der Waals surface area (Å²) in [6.45, 7) is 3.73. The third-order valence-corrected chi connectivity index (χ3v) is 4.66. The standard InChI is InChI=1S/C18H19N3O3S/c1-3-14-11-13(9-10-19-14)16-8-7-12-5-4-6-15(12)17(16)20-18(22)21-25(2,23)24/h3,7-11H,1,4-6H2,2H3,(H2,20,21,22). The van der Waals surface area contributed by atoms with Crippen LogP contribution in [0.4, 0.5) is 10.5 Å². The summed E-state index contributed by atoms with van der Waals surface area (Å²) < 4.78 is 24.6. The summed E-state index contributed by atoms with van der Waals surface area (Å²) in [6, 6.07) is 6.97. The maximum atomic E-state index is 12.1. The molecule has 7 heteroatoms. The van der Waals surface area contributed by atoms with Gasteiger partial charge in [-0.1, -0.05) is 18.7 Å². The zero-order valence-electron chi connectivity index (χ0n) is 13.9. The number of aryl methyl sites for hydroxylation is 1. The summed E-state index contributed by atoms with van der Waals surface area (Å²) in [5, 5.41) is 2.73. The van der Waals surface area contributed by atoms with Crippen molar-refractivity contribution in [1.29, 1.82) is 0 Å². The molecule has 2 N–H and O–H groups in total. The van der Waals surface area contributed by atoms with Crippen molar-refractivity contribution in [1.82, 2.24) is 9.71 Å². The van der Waals surface area contributed by atoms with Crippen molar-refractivity contribution < 1.29 is 13.2 Å². The van der Waals surface area contributed by atoms with E-state index in [1.165, 1.54) is 5.56 Å². The van der Waals surface area contributed by atoms with E-state index in [9.17, 15) is 13.2 Å². The first-order valence-electron chi connectivity index (χ1n) is 7.90. The van der Waals surface area contributed by atoms with E-state index in [1.54, 1.807) is 12.3 Å². The maximum absolute atomic E-state index is 12.1. The second-order valence-electron chi connectivity index (χ2n) is 5.98. The second kappa shape index (κ2) is 6.68. The summed E-state index contributed by atoms with van der Waals surface area (Å²) in [5.74, 6) is 0. The third-order valence-electron chi connectivity index (χ3n) is 4.10. The largest absolute Gasteiger partial charge is 0.332 e. The van der Waals surface area contributed by atoms with Gasteiger partial charge in [0.05, 0.1) is 17.6 Å². The van der Waals surface area contributed by atoms with Crippen LogP contribution in [-0.2, 0) is 22.9 Å². The number of sulfonamides is 1. The van der Waals surface area contributed by atoms with Crippen molar-refractivity contribution in [2.45, 2.75) is 19.3 Å². The lowest BCUT2D eigenvalue weighted by atomic mass is 9.97. The highest BCUT2D eigenvalue weighted by Gasteiger charge is 2.21. The monoisotopic (exact) mass is 357 g/mol. The number of hydrogen-bond acceptors (Lipinski definition) is 4. The van der Waals surface area contributed by atoms with Crippen molar-refractivity contribution in [3.8, 4) is 11.1 Å². The van der Waals surface area contributed by atoms with Crippen LogP contribution >= 0.6 is 0 Å². The Morgan fingerprint density at radius 1 is 1.28 bits per heavy atom. The van der Waals surface area contributed by atoms with Gasteiger partial charge in [-0.2, -0.15) is 0 Å². The van der Waals surface area contributed by atoms with E-state index in [0.717, 1.165) is 47.9 Å². The molecule has 130 valence electrons. The maximum Gasteiger partial charge on any atom is 0.332 e. The molecule has 0 saturated heterocycles. The normalized spacial score (nSPS) is 13.2. The Kier molecular flexibility index (Phi) is 4.59. The predicted octanol–water partition coefficient (Wildman–Crippen LogP) is 2.96. The van der Waals surface area contributed by atoms with Gasteiger partial charge in [0.25, 0.3) is 0 Å². The number of carbonyl (C=O) groups excluding carboxylic acids is 1. The number of nitrogens with one attached hydrogen (secondary N) is 2. The fraction of sp³-hybridized carbons (Fsp3) is 0.222. The summed E-state index contributed by atoms with van der Waals surface area (Å²) in [5.41, 5.74) is 5.32. The van der Waals surface area contributed by atoms with E-state index in [0.29, 0.717) is 5.69 Å². The number of nitrogens with zero attached hydrogens (tertiary/aromatic N) is 1. The van der Waals surface area contributed by atoms with Crippen LogP contribution in [0.1, 0.15) is 23.2 Å². The van der Waals surface area contributed by atoms with E-state index in [4.69, 9.17) is 0 Å². The van der Waals surface area contributed by atoms with Crippen LogP contribution in [0, 0.1) is 0 Å². The molecule has 1 aromatic carbocycles. The van der Waals surface area contributed by atoms with Crippen LogP contribution in [0.5, 0.6) is 0 Å². The van der Waals surface area contributed by atoms with Crippen LogP contribution < -0.4 is 10.0 Å². The Labute approximate surface area is 147 Å². The molecule has 2 aromatic rings. The second-order valence-corrected chi connectivity index (χ2v) is 7.73. The molecule has 0 aliphatic heterocycles. The molecule has 0 radical (unpaired) electrons. The van der Waals surface area contributed by atoms with Crippen molar-refractivity contribution in [3.63, 3.8) is 0 Å². The summed E-state index contributed by atoms with van der Waals surface area (Å²) in [6.07, 6.45) is 7.08. The number of amides is 2. The fourth-order valence-corrected chi connectivity index (χ4v) is 3.47. The number of carbonyl (C=O) groups is 1. The van der Waals surface area contributed by atoms with Crippen molar-refractivity contribution in [2.75, 3.05) is 11.6 Å². The number of anilines is 1. The predicted molar refractivity (Wildman–Crippen MR) is 98.8 cm³/mol. The number of fused-ring (bicyclic) bond motifs is 1. The zero-order valence-corrected chi connectivity index (χ0v) is 14.7. The van der Waals surface area contributed by atoms with Gasteiger partial charge in [-0.25, -0.2) is 17.9 Å². The highest BCUT2D eigenvalue weighted by molar-refractivity contribution is 7.89. The number of hydrogen-bond donors (Lipinski definition) is 2. The molecule has 3 rings (SSSR count). The number of pyridine rings is 1. The molecule has 6 nitrogen and oxygen atoms in total. The van der Waals surface area contributed by atoms with Crippen LogP contribution in [0.25, 0.3) is 17.2 Å². The van der Waals surface area contributed by atoms with Gasteiger partial charge in [-0.15, -0.1) is 0 Å². The molecule has 0 atom stereocenters. The quantitative estimate of drug-likeness (QED) is 0.880. The SMILES string of the molecule is C=Cc1cc(-c2ccc3c(c2NC(=O)NS(C)(=O)=O)CCC3)ccn1. The first-order valence-corrected chi connectivity index (χ1v) is 9.79. The molecule has 0 bridgehead atoms. The smallest absolute Gasteiger partial charge is 0.306 e. The van der Waals surface area contributed by atoms with Gasteiger partial charge in [0.1, 0.15) is 0 Å². The summed E-state index contributed by atoms with van der Waals surface area (Å²) >= 11 is 0. The molecule has 0 fully saturated rings. The molecule has 0 spiro atoms. The Bertz CT molecular complexity index is 952. The number of urea groups is 1. The van der Waals surface area contributed by atoms with Crippen LogP contribution in [0.3, 0.4) is 0 Å². The van der Waals surface area contributed by atoms with Gasteiger partial charge in [-0.3, -0.25) is 4.98 Å². The minimum atomic E-state index is -3.63. The van der Waals surface area contributed by atoms with Crippen molar-refractivity contribution in [2.24, 2.45) is 0 Å². The molecular weight excluding hydrogens is 338 g/mol. The Balaban J connectivity index is 2.07. The lowest BCUT2D eigenvalue weighted by Crippen LogP contribution is -2.33. The number of aromatic nitrogens is 1. The van der Waals surface area contributed by atoms with Gasteiger partial charge in [0.2, 0.25) is 10.0 Å². The van der Waals surface area contributed by atoms with Gasteiger partial charge < -0.3 is 5.32 Å². The van der Waals surface area contributed by atoms with Gasteiger partial charge in [0, 0.05) is 11.8 Å². The molecule has 1 aliphatic rings. The van der Waals surface area contributed by atoms with Crippen molar-refractivity contribution >= 4 is 27.8 Å². The van der Waals surface area contributed by atoms with E-state index >= 15 is 0 Å². The average Bonchev–Trinajstić information content (AvgIpc) is 3.02. The van der Waals surface area contributed by atoms with E-state index in [1.807, 2.05) is 22.9 Å². The highest BCUT2D eigenvalue weighted by atomic mass is 32.2. The average molecular weight is 357 g/mol. The van der Waals surface area contributed by atoms with Crippen LogP contribution in [0.15, 0.2) is 37.0 Å². The van der Waals surface area contributed by atoms with Crippen LogP contribution in [0.2, 0.25) is 0 Å². The molecule has 0 saturated carbocycles. The number of benzene rings is 1. The van der Waals surface area contributed by atoms with Gasteiger partial charge >= 0.3 is 6.03 Å². The lowest BCUT2D eigenvalue weighted by molar-refractivity contribution is 0.256. The fourth-order valence-electron chi connectivity index (χ4n) is 3.08. The lowest BCUT2D eigenvalue weighted by Gasteiger charge is -2.16. The van der Waals surface area contributed by atoms with Gasteiger partial charge in [-0.05, 0) is 54.2 Å². The first-order chi connectivity index (χ1) is 11.9. The minimum Gasteiger partial charge on any atom is -0.306 e. The molecule has 1 heterocycles. The van der Waals surface area contributed by atoms with E-state index in [-0.39, 0.29) is 0 Å². The zero-order chi connectivity index (χ0) is 18.0. The molecule has 0 unspecified atom stereocenters. The Morgan fingerprint density at radius 3 is 2.80 bits per heavy atom. The molecular formula is C18H19N3O3S. The highest BCUT2D eigenvalue weighted by Crippen LogP contribution is 2.37. The summed E-state index contributed by atoms with van der Waals surface area (Å²) in [7, 11) is -3.63.